The molecule has 2 N–H and O–H groups in total. The highest BCUT2D eigenvalue weighted by atomic mass is 35.5. The van der Waals surface area contributed by atoms with Gasteiger partial charge in [-0.3, -0.25) is 4.99 Å². The Hall–Kier alpha value is -3.20. The second-order valence-corrected chi connectivity index (χ2v) is 9.74. The van der Waals surface area contributed by atoms with Gasteiger partial charge in [0.15, 0.2) is 0 Å². The lowest BCUT2D eigenvalue weighted by molar-refractivity contribution is 0.566. The van der Waals surface area contributed by atoms with E-state index in [4.69, 9.17) is 33.2 Å². The first-order chi connectivity index (χ1) is 17.6. The summed E-state index contributed by atoms with van der Waals surface area (Å²) < 4.78 is 14.9. The molecule has 0 unspecified atom stereocenters. The third-order valence-electron chi connectivity index (χ3n) is 6.53. The number of rotatable bonds is 4. The van der Waals surface area contributed by atoms with E-state index in [0.717, 1.165) is 74.0 Å². The van der Waals surface area contributed by atoms with E-state index in [2.05, 4.69) is 25.4 Å². The van der Waals surface area contributed by atoms with Crippen molar-refractivity contribution in [3.63, 3.8) is 0 Å². The van der Waals surface area contributed by atoms with E-state index in [1.54, 1.807) is 12.3 Å². The third kappa shape index (κ3) is 4.40. The molecule has 7 nitrogen and oxygen atoms in total. The smallest absolute Gasteiger partial charge is 0.229 e. The molecule has 6 rings (SSSR count). The van der Waals surface area contributed by atoms with E-state index in [9.17, 15) is 4.39 Å². The summed E-state index contributed by atoms with van der Waals surface area (Å²) in [4.78, 5) is 18.2. The van der Waals surface area contributed by atoms with E-state index >= 15 is 0 Å². The minimum absolute atomic E-state index is 0.266. The summed E-state index contributed by atoms with van der Waals surface area (Å²) in [5.41, 5.74) is 3.85. The van der Waals surface area contributed by atoms with Crippen molar-refractivity contribution < 1.29 is 4.39 Å². The summed E-state index contributed by atoms with van der Waals surface area (Å²) in [5, 5.41) is 7.60. The van der Waals surface area contributed by atoms with E-state index < -0.39 is 0 Å². The first kappa shape index (κ1) is 23.2. The van der Waals surface area contributed by atoms with Crippen LogP contribution in [0.4, 0.5) is 27.5 Å². The molecule has 0 amide bonds. The number of amidine groups is 1. The molecule has 0 bridgehead atoms. The molecule has 2 aromatic carbocycles. The van der Waals surface area contributed by atoms with E-state index in [-0.39, 0.29) is 5.82 Å². The quantitative estimate of drug-likeness (QED) is 0.487. The van der Waals surface area contributed by atoms with Crippen LogP contribution in [0.15, 0.2) is 47.6 Å². The van der Waals surface area contributed by atoms with Crippen molar-refractivity contribution in [3.05, 3.63) is 69.6 Å². The molecule has 0 spiro atoms. The fourth-order valence-corrected chi connectivity index (χ4v) is 5.31. The van der Waals surface area contributed by atoms with E-state index in [1.165, 1.54) is 6.07 Å². The average Bonchev–Trinajstić information content (AvgIpc) is 2.89. The fraction of sp³-hybridized carbons (Fsp3) is 0.269. The summed E-state index contributed by atoms with van der Waals surface area (Å²) in [7, 11) is 0. The van der Waals surface area contributed by atoms with Gasteiger partial charge in [0.25, 0.3) is 0 Å². The number of nitrogens with zero attached hydrogens (tertiary/aromatic N) is 5. The molecule has 4 heterocycles. The maximum atomic E-state index is 14.9. The number of benzene rings is 2. The Kier molecular flexibility index (Phi) is 6.25. The first-order valence-corrected chi connectivity index (χ1v) is 12.7. The molecule has 10 heteroatoms. The van der Waals surface area contributed by atoms with Gasteiger partial charge >= 0.3 is 0 Å². The molecule has 3 aliphatic rings. The van der Waals surface area contributed by atoms with Gasteiger partial charge in [0.2, 0.25) is 5.95 Å². The van der Waals surface area contributed by atoms with Gasteiger partial charge in [-0.05, 0) is 42.8 Å². The second-order valence-electron chi connectivity index (χ2n) is 8.89. The Morgan fingerprint density at radius 3 is 2.69 bits per heavy atom. The molecule has 0 radical (unpaired) electrons. The van der Waals surface area contributed by atoms with Crippen molar-refractivity contribution in [1.29, 1.82) is 0 Å². The minimum Gasteiger partial charge on any atom is -0.367 e. The normalized spacial score (nSPS) is 17.2. The molecule has 1 fully saturated rings. The molecule has 184 valence electrons. The zero-order valence-electron chi connectivity index (χ0n) is 19.4. The number of hydrogen-bond donors (Lipinski definition) is 2. The third-order valence-corrected chi connectivity index (χ3v) is 7.08. The van der Waals surface area contributed by atoms with Crippen molar-refractivity contribution in [2.75, 3.05) is 54.4 Å². The number of nitrogens with one attached hydrogen (secondary N) is 2. The van der Waals surface area contributed by atoms with Gasteiger partial charge in [0.1, 0.15) is 17.5 Å². The molecule has 0 saturated carbocycles. The predicted octanol–water partition coefficient (Wildman–Crippen LogP) is 5.24. The molecule has 3 aromatic rings. The lowest BCUT2D eigenvalue weighted by Gasteiger charge is -2.34. The summed E-state index contributed by atoms with van der Waals surface area (Å²) in [5.74, 6) is 1.72. The maximum Gasteiger partial charge on any atom is 0.229 e. The number of aliphatic imine (C=N–C) groups is 1. The molecular formula is C26H24Cl2FN7. The molecule has 36 heavy (non-hydrogen) atoms. The van der Waals surface area contributed by atoms with Crippen LogP contribution in [-0.4, -0.2) is 55.1 Å². The predicted molar refractivity (Wildman–Crippen MR) is 145 cm³/mol. The number of hydrogen-bond acceptors (Lipinski definition) is 7. The van der Waals surface area contributed by atoms with E-state index in [0.29, 0.717) is 27.4 Å². The van der Waals surface area contributed by atoms with Crippen molar-refractivity contribution in [1.82, 2.24) is 15.3 Å². The summed E-state index contributed by atoms with van der Waals surface area (Å²) >= 11 is 12.6. The van der Waals surface area contributed by atoms with E-state index in [1.807, 2.05) is 30.3 Å². The van der Waals surface area contributed by atoms with Gasteiger partial charge in [0, 0.05) is 72.9 Å². The Morgan fingerprint density at radius 1 is 1.03 bits per heavy atom. The Morgan fingerprint density at radius 2 is 1.89 bits per heavy atom. The monoisotopic (exact) mass is 523 g/mol. The van der Waals surface area contributed by atoms with Gasteiger partial charge in [0.05, 0.1) is 10.7 Å². The summed E-state index contributed by atoms with van der Waals surface area (Å²) in [6.07, 6.45) is 4.69. The SMILES string of the molecule is Fc1cc(Nc2ncc3c(n2)N2CCCN=C2C(c2ccc(Cl)cc2Cl)=C3)ccc1N1CCNCC1. The van der Waals surface area contributed by atoms with Crippen LogP contribution in [0, 0.1) is 5.82 Å². The standard InChI is InChI=1S/C26H24Cl2FN7/c27-17-2-4-19(21(28)13-17)20-12-16-15-32-26(34-24(16)36-9-1-6-31-25(20)36)33-18-3-5-23(22(29)14-18)35-10-7-30-8-11-35/h2-5,12-15,30H,1,6-11H2,(H,32,33,34). The topological polar surface area (TPSA) is 68.7 Å². The zero-order chi connectivity index (χ0) is 24.6. The van der Waals surface area contributed by atoms with Crippen LogP contribution < -0.4 is 20.4 Å². The second kappa shape index (κ2) is 9.69. The fourth-order valence-electron chi connectivity index (χ4n) is 4.80. The van der Waals surface area contributed by atoms with Crippen molar-refractivity contribution in [2.24, 2.45) is 4.99 Å². The Balaban J connectivity index is 1.31. The van der Waals surface area contributed by atoms with Crippen LogP contribution in [0.25, 0.3) is 11.6 Å². The number of halogens is 3. The highest BCUT2D eigenvalue weighted by Crippen LogP contribution is 2.38. The summed E-state index contributed by atoms with van der Waals surface area (Å²) in [6, 6.07) is 10.6. The van der Waals surface area contributed by atoms with Crippen molar-refractivity contribution in [3.8, 4) is 0 Å². The van der Waals surface area contributed by atoms with Crippen LogP contribution in [0.3, 0.4) is 0 Å². The van der Waals surface area contributed by atoms with Crippen molar-refractivity contribution >= 4 is 63.8 Å². The highest BCUT2D eigenvalue weighted by Gasteiger charge is 2.30. The van der Waals surface area contributed by atoms with Crippen molar-refractivity contribution in [2.45, 2.75) is 6.42 Å². The highest BCUT2D eigenvalue weighted by molar-refractivity contribution is 6.41. The molecule has 0 atom stereocenters. The van der Waals surface area contributed by atoms with Gasteiger partial charge in [-0.25, -0.2) is 9.37 Å². The minimum atomic E-state index is -0.266. The molecule has 1 saturated heterocycles. The average molecular weight is 524 g/mol. The van der Waals surface area contributed by atoms with Gasteiger partial charge in [-0.1, -0.05) is 29.3 Å². The lowest BCUT2D eigenvalue weighted by Crippen LogP contribution is -2.43. The van der Waals surface area contributed by atoms with Crippen LogP contribution in [0.1, 0.15) is 17.5 Å². The van der Waals surface area contributed by atoms with Gasteiger partial charge in [-0.15, -0.1) is 0 Å². The lowest BCUT2D eigenvalue weighted by atomic mass is 9.97. The summed E-state index contributed by atoms with van der Waals surface area (Å²) in [6.45, 7) is 4.79. The number of anilines is 4. The number of fused-ring (bicyclic) bond motifs is 3. The first-order valence-electron chi connectivity index (χ1n) is 12.0. The molecule has 1 aromatic heterocycles. The Bertz CT molecular complexity index is 1380. The number of piperazine rings is 1. The van der Waals surface area contributed by atoms with Crippen LogP contribution in [-0.2, 0) is 0 Å². The maximum absolute atomic E-state index is 14.9. The molecule has 0 aliphatic carbocycles. The number of aromatic nitrogens is 2. The van der Waals surface area contributed by atoms with Gasteiger partial charge in [-0.2, -0.15) is 4.98 Å². The van der Waals surface area contributed by atoms with Crippen LogP contribution in [0.2, 0.25) is 10.0 Å². The van der Waals surface area contributed by atoms with Crippen LogP contribution >= 0.6 is 23.2 Å². The molecular weight excluding hydrogens is 500 g/mol. The molecule has 3 aliphatic heterocycles. The largest absolute Gasteiger partial charge is 0.367 e. The Labute approximate surface area is 218 Å². The van der Waals surface area contributed by atoms with Crippen LogP contribution in [0.5, 0.6) is 0 Å². The zero-order valence-corrected chi connectivity index (χ0v) is 21.0. The van der Waals surface area contributed by atoms with Gasteiger partial charge < -0.3 is 20.4 Å².